The van der Waals surface area contributed by atoms with Crippen LogP contribution in [0.25, 0.3) is 0 Å². The van der Waals surface area contributed by atoms with Crippen molar-refractivity contribution in [2.24, 2.45) is 5.14 Å². The fraction of sp³-hybridized carbons (Fsp3) is 0.235. The van der Waals surface area contributed by atoms with Crippen LogP contribution in [-0.2, 0) is 16.2 Å². The van der Waals surface area contributed by atoms with E-state index in [0.717, 1.165) is 17.7 Å². The number of aryl methyl sites for hydroxylation is 1. The van der Waals surface area contributed by atoms with E-state index in [2.05, 4.69) is 10.6 Å². The molecule has 10 heteroatoms. The summed E-state index contributed by atoms with van der Waals surface area (Å²) in [7, 11) is -4.26. The number of nitrogens with one attached hydrogen (secondary N) is 2. The molecule has 2 aromatic rings. The first-order chi connectivity index (χ1) is 12.5. The van der Waals surface area contributed by atoms with Gasteiger partial charge in [-0.15, -0.1) is 0 Å². The molecule has 0 heterocycles. The van der Waals surface area contributed by atoms with Gasteiger partial charge in [-0.1, -0.05) is 17.7 Å². The van der Waals surface area contributed by atoms with Gasteiger partial charge in [-0.2, -0.15) is 13.2 Å². The van der Waals surface area contributed by atoms with Gasteiger partial charge in [-0.05, 0) is 37.3 Å². The van der Waals surface area contributed by atoms with E-state index in [-0.39, 0.29) is 24.7 Å². The minimum absolute atomic E-state index is 0.00933. The molecule has 4 N–H and O–H groups in total. The largest absolute Gasteiger partial charge is 0.418 e. The van der Waals surface area contributed by atoms with E-state index in [0.29, 0.717) is 11.6 Å². The van der Waals surface area contributed by atoms with Crippen molar-refractivity contribution in [3.63, 3.8) is 0 Å². The predicted octanol–water partition coefficient (Wildman–Crippen LogP) is 2.50. The van der Waals surface area contributed by atoms with Gasteiger partial charge in [0.05, 0.1) is 10.5 Å². The van der Waals surface area contributed by atoms with Gasteiger partial charge in [-0.3, -0.25) is 4.79 Å². The molecule has 6 nitrogen and oxygen atoms in total. The van der Waals surface area contributed by atoms with Crippen LogP contribution in [0.2, 0.25) is 0 Å². The summed E-state index contributed by atoms with van der Waals surface area (Å²) in [5.41, 5.74) is -0.0247. The number of anilines is 1. The van der Waals surface area contributed by atoms with Gasteiger partial charge in [0.1, 0.15) is 0 Å². The van der Waals surface area contributed by atoms with Crippen molar-refractivity contribution in [1.82, 2.24) is 5.32 Å². The molecule has 0 saturated carbocycles. The number of rotatable bonds is 6. The van der Waals surface area contributed by atoms with Crippen LogP contribution in [0.4, 0.5) is 18.9 Å². The summed E-state index contributed by atoms with van der Waals surface area (Å²) >= 11 is 0. The standard InChI is InChI=1S/C17H18F3N3O3S/c1-11-2-4-12(5-3-11)16(24)23-9-8-22-15-7-6-13(27(21,25)26)10-14(15)17(18,19)20/h2-7,10,22H,8-9H2,1H3,(H,23,24)(H2,21,25,26). The lowest BCUT2D eigenvalue weighted by molar-refractivity contribution is -0.137. The number of amides is 1. The summed E-state index contributed by atoms with van der Waals surface area (Å²) in [6, 6.07) is 9.29. The van der Waals surface area contributed by atoms with Gasteiger partial charge < -0.3 is 10.6 Å². The summed E-state index contributed by atoms with van der Waals surface area (Å²) < 4.78 is 62.0. The maximum absolute atomic E-state index is 13.2. The lowest BCUT2D eigenvalue weighted by atomic mass is 10.1. The average molecular weight is 401 g/mol. The quantitative estimate of drug-likeness (QED) is 0.648. The molecule has 27 heavy (non-hydrogen) atoms. The minimum atomic E-state index is -4.77. The zero-order valence-corrected chi connectivity index (χ0v) is 15.1. The van der Waals surface area contributed by atoms with Gasteiger partial charge in [-0.25, -0.2) is 13.6 Å². The third-order valence-corrected chi connectivity index (χ3v) is 4.58. The molecule has 0 unspecified atom stereocenters. The Morgan fingerprint density at radius 2 is 1.70 bits per heavy atom. The zero-order chi connectivity index (χ0) is 20.2. The second-order valence-electron chi connectivity index (χ2n) is 5.80. The van der Waals surface area contributed by atoms with E-state index in [4.69, 9.17) is 5.14 Å². The molecule has 0 fully saturated rings. The molecule has 0 aliphatic rings. The van der Waals surface area contributed by atoms with Crippen LogP contribution in [0.5, 0.6) is 0 Å². The molecule has 0 radical (unpaired) electrons. The van der Waals surface area contributed by atoms with Crippen LogP contribution >= 0.6 is 0 Å². The van der Waals surface area contributed by atoms with Gasteiger partial charge in [0.25, 0.3) is 5.91 Å². The van der Waals surface area contributed by atoms with Crippen molar-refractivity contribution >= 4 is 21.6 Å². The second-order valence-corrected chi connectivity index (χ2v) is 7.36. The summed E-state index contributed by atoms with van der Waals surface area (Å²) in [4.78, 5) is 11.3. The Morgan fingerprint density at radius 3 is 2.26 bits per heavy atom. The average Bonchev–Trinajstić information content (AvgIpc) is 2.57. The summed E-state index contributed by atoms with van der Waals surface area (Å²) in [6.45, 7) is 1.96. The lowest BCUT2D eigenvalue weighted by Crippen LogP contribution is -2.29. The van der Waals surface area contributed by atoms with Crippen LogP contribution in [0.3, 0.4) is 0 Å². The summed E-state index contributed by atoms with van der Waals surface area (Å²) in [5.74, 6) is -0.350. The molecule has 0 aliphatic carbocycles. The van der Waals surface area contributed by atoms with Crippen LogP contribution in [0.1, 0.15) is 21.5 Å². The molecule has 0 aliphatic heterocycles. The minimum Gasteiger partial charge on any atom is -0.383 e. The fourth-order valence-corrected chi connectivity index (χ4v) is 2.81. The van der Waals surface area contributed by atoms with E-state index < -0.39 is 26.7 Å². The molecule has 1 amide bonds. The SMILES string of the molecule is Cc1ccc(C(=O)NCCNc2ccc(S(N)(=O)=O)cc2C(F)(F)F)cc1. The molecule has 0 spiro atoms. The predicted molar refractivity (Wildman–Crippen MR) is 94.8 cm³/mol. The highest BCUT2D eigenvalue weighted by atomic mass is 32.2. The highest BCUT2D eigenvalue weighted by Crippen LogP contribution is 2.36. The Morgan fingerprint density at radius 1 is 1.07 bits per heavy atom. The molecule has 2 rings (SSSR count). The van der Waals surface area contributed by atoms with Crippen molar-refractivity contribution in [2.75, 3.05) is 18.4 Å². The molecule has 146 valence electrons. The number of primary sulfonamides is 1. The van der Waals surface area contributed by atoms with Gasteiger partial charge in [0.2, 0.25) is 10.0 Å². The Kier molecular flexibility index (Phi) is 6.11. The molecular formula is C17H18F3N3O3S. The molecular weight excluding hydrogens is 383 g/mol. The van der Waals surface area contributed by atoms with E-state index in [1.54, 1.807) is 24.3 Å². The van der Waals surface area contributed by atoms with E-state index in [1.165, 1.54) is 0 Å². The molecule has 0 aromatic heterocycles. The number of carbonyl (C=O) groups is 1. The van der Waals surface area contributed by atoms with E-state index in [9.17, 15) is 26.4 Å². The van der Waals surface area contributed by atoms with E-state index >= 15 is 0 Å². The Balaban J connectivity index is 2.03. The third-order valence-electron chi connectivity index (χ3n) is 3.66. The van der Waals surface area contributed by atoms with Gasteiger partial charge >= 0.3 is 6.18 Å². The first kappa shape index (κ1) is 20.7. The van der Waals surface area contributed by atoms with Crippen molar-refractivity contribution < 1.29 is 26.4 Å². The van der Waals surface area contributed by atoms with Crippen LogP contribution < -0.4 is 15.8 Å². The number of carbonyl (C=O) groups excluding carboxylic acids is 1. The van der Waals surface area contributed by atoms with Crippen LogP contribution in [-0.4, -0.2) is 27.4 Å². The third kappa shape index (κ3) is 5.69. The van der Waals surface area contributed by atoms with E-state index in [1.807, 2.05) is 6.92 Å². The smallest absolute Gasteiger partial charge is 0.383 e. The molecule has 0 atom stereocenters. The molecule has 0 bridgehead atoms. The number of halogens is 3. The number of benzene rings is 2. The zero-order valence-electron chi connectivity index (χ0n) is 14.3. The Hall–Kier alpha value is -2.59. The van der Waals surface area contributed by atoms with Crippen molar-refractivity contribution in [3.05, 3.63) is 59.2 Å². The number of nitrogens with two attached hydrogens (primary N) is 1. The second kappa shape index (κ2) is 7.97. The molecule has 2 aromatic carbocycles. The van der Waals surface area contributed by atoms with Crippen LogP contribution in [0.15, 0.2) is 47.4 Å². The number of hydrogen-bond donors (Lipinski definition) is 3. The number of hydrogen-bond acceptors (Lipinski definition) is 4. The van der Waals surface area contributed by atoms with Crippen molar-refractivity contribution in [2.45, 2.75) is 18.0 Å². The van der Waals surface area contributed by atoms with Crippen molar-refractivity contribution in [3.8, 4) is 0 Å². The Labute approximate surface area is 154 Å². The summed E-state index contributed by atoms with van der Waals surface area (Å²) in [5, 5.41) is 10.0. The van der Waals surface area contributed by atoms with Gasteiger partial charge in [0, 0.05) is 24.3 Å². The first-order valence-corrected chi connectivity index (χ1v) is 9.36. The normalized spacial score (nSPS) is 11.9. The fourth-order valence-electron chi connectivity index (χ4n) is 2.27. The maximum atomic E-state index is 13.2. The highest BCUT2D eigenvalue weighted by Gasteiger charge is 2.34. The monoisotopic (exact) mass is 401 g/mol. The first-order valence-electron chi connectivity index (χ1n) is 7.81. The number of alkyl halides is 3. The Bertz CT molecular complexity index is 927. The number of sulfonamides is 1. The lowest BCUT2D eigenvalue weighted by Gasteiger charge is -2.16. The maximum Gasteiger partial charge on any atom is 0.418 e. The van der Waals surface area contributed by atoms with Crippen molar-refractivity contribution in [1.29, 1.82) is 0 Å². The van der Waals surface area contributed by atoms with Crippen LogP contribution in [0, 0.1) is 6.92 Å². The van der Waals surface area contributed by atoms with Gasteiger partial charge in [0.15, 0.2) is 0 Å². The highest BCUT2D eigenvalue weighted by molar-refractivity contribution is 7.89. The topological polar surface area (TPSA) is 101 Å². The summed E-state index contributed by atoms with van der Waals surface area (Å²) in [6.07, 6.45) is -4.77. The molecule has 0 saturated heterocycles.